The number of piperidine rings is 1. The van der Waals surface area contributed by atoms with Gasteiger partial charge in [0.1, 0.15) is 5.75 Å². The maximum absolute atomic E-state index is 12.8. The average Bonchev–Trinajstić information content (AvgIpc) is 2.84. The maximum atomic E-state index is 12.8. The predicted octanol–water partition coefficient (Wildman–Crippen LogP) is 3.22. The van der Waals surface area contributed by atoms with Crippen molar-refractivity contribution in [3.8, 4) is 5.75 Å². The summed E-state index contributed by atoms with van der Waals surface area (Å²) in [5.74, 6) is 0.774. The number of carbonyl (C=O) groups is 1. The Morgan fingerprint density at radius 2 is 1.67 bits per heavy atom. The number of benzene rings is 2. The van der Waals surface area contributed by atoms with E-state index < -0.39 is 10.0 Å². The minimum absolute atomic E-state index is 0.0274. The lowest BCUT2D eigenvalue weighted by Gasteiger charge is -2.26. The zero-order valence-corrected chi connectivity index (χ0v) is 20.6. The second-order valence-electron chi connectivity index (χ2n) is 8.67. The molecule has 8 heteroatoms. The van der Waals surface area contributed by atoms with E-state index >= 15 is 0 Å². The summed E-state index contributed by atoms with van der Waals surface area (Å²) in [7, 11) is 2.19. The van der Waals surface area contributed by atoms with E-state index in [-0.39, 0.29) is 11.9 Å². The second kappa shape index (κ2) is 11.6. The van der Waals surface area contributed by atoms with Gasteiger partial charge < -0.3 is 15.0 Å². The number of hydrogen-bond acceptors (Lipinski definition) is 5. The monoisotopic (exact) mass is 473 g/mol. The molecule has 1 amide bonds. The van der Waals surface area contributed by atoms with Gasteiger partial charge in [-0.15, -0.1) is 0 Å². The first-order valence-electron chi connectivity index (χ1n) is 11.5. The number of ether oxygens (including phenoxy) is 1. The molecule has 2 aromatic rings. The topological polar surface area (TPSA) is 78.9 Å². The molecule has 1 N–H and O–H groups in total. The van der Waals surface area contributed by atoms with E-state index in [1.54, 1.807) is 23.5 Å². The van der Waals surface area contributed by atoms with E-state index in [2.05, 4.69) is 10.2 Å². The molecular weight excluding hydrogens is 438 g/mol. The summed E-state index contributed by atoms with van der Waals surface area (Å²) in [5, 5.41) is 3.03. The van der Waals surface area contributed by atoms with E-state index in [1.165, 1.54) is 0 Å². The third-order valence-electron chi connectivity index (χ3n) is 6.13. The SMILES string of the molecule is COc1ccc(C(CNC(=O)CCc2ccc(S(=O)(=O)N3CCCCC3)cc2)N(C)C)cc1. The molecule has 1 atom stereocenters. The molecule has 0 aromatic heterocycles. The average molecular weight is 474 g/mol. The number of nitrogens with one attached hydrogen (secondary N) is 1. The van der Waals surface area contributed by atoms with Crippen LogP contribution >= 0.6 is 0 Å². The molecule has 0 aliphatic carbocycles. The van der Waals surface area contributed by atoms with Crippen LogP contribution in [0.3, 0.4) is 0 Å². The van der Waals surface area contributed by atoms with Crippen LogP contribution in [0.2, 0.25) is 0 Å². The number of likely N-dealkylation sites (N-methyl/N-ethyl adjacent to an activating group) is 1. The lowest BCUT2D eigenvalue weighted by atomic mass is 10.1. The highest BCUT2D eigenvalue weighted by atomic mass is 32.2. The number of amides is 1. The van der Waals surface area contributed by atoms with Crippen molar-refractivity contribution in [3.63, 3.8) is 0 Å². The van der Waals surface area contributed by atoms with E-state index in [9.17, 15) is 13.2 Å². The normalized spacial score (nSPS) is 15.9. The quantitative estimate of drug-likeness (QED) is 0.573. The molecule has 0 spiro atoms. The standard InChI is InChI=1S/C25H35N3O4S/c1-27(2)24(21-10-12-22(32-3)13-11-21)19-26-25(29)16-9-20-7-14-23(15-8-20)33(30,31)28-17-5-4-6-18-28/h7-8,10-15,24H,4-6,9,16-19H2,1-3H3,(H,26,29). The van der Waals surface area contributed by atoms with Gasteiger partial charge >= 0.3 is 0 Å². The van der Waals surface area contributed by atoms with Gasteiger partial charge in [0.25, 0.3) is 0 Å². The number of rotatable bonds is 10. The van der Waals surface area contributed by atoms with Crippen molar-refractivity contribution in [1.82, 2.24) is 14.5 Å². The third kappa shape index (κ3) is 6.79. The van der Waals surface area contributed by atoms with Crippen molar-refractivity contribution >= 4 is 15.9 Å². The molecule has 3 rings (SSSR count). The summed E-state index contributed by atoms with van der Waals surface area (Å²) >= 11 is 0. The van der Waals surface area contributed by atoms with Gasteiger partial charge in [-0.2, -0.15) is 4.31 Å². The van der Waals surface area contributed by atoms with Crippen LogP contribution in [0.1, 0.15) is 42.9 Å². The van der Waals surface area contributed by atoms with Crippen LogP contribution in [0, 0.1) is 0 Å². The van der Waals surface area contributed by atoms with E-state index in [1.807, 2.05) is 50.5 Å². The van der Waals surface area contributed by atoms with E-state index in [0.717, 1.165) is 36.1 Å². The Kier molecular flexibility index (Phi) is 8.88. The zero-order valence-electron chi connectivity index (χ0n) is 19.8. The highest BCUT2D eigenvalue weighted by Gasteiger charge is 2.25. The molecule has 1 aliphatic rings. The lowest BCUT2D eigenvalue weighted by molar-refractivity contribution is -0.121. The summed E-state index contributed by atoms with van der Waals surface area (Å²) in [6.07, 6.45) is 3.83. The molecule has 0 bridgehead atoms. The minimum Gasteiger partial charge on any atom is -0.497 e. The number of nitrogens with zero attached hydrogens (tertiary/aromatic N) is 2. The highest BCUT2D eigenvalue weighted by Crippen LogP contribution is 2.22. The molecule has 0 radical (unpaired) electrons. The number of aryl methyl sites for hydroxylation is 1. The minimum atomic E-state index is -3.43. The van der Waals surface area contributed by atoms with Gasteiger partial charge in [0.05, 0.1) is 18.0 Å². The summed E-state index contributed by atoms with van der Waals surface area (Å²) in [6, 6.07) is 14.8. The number of methoxy groups -OCH3 is 1. The van der Waals surface area contributed by atoms with Crippen LogP contribution < -0.4 is 10.1 Å². The first kappa shape index (κ1) is 25.2. The summed E-state index contributed by atoms with van der Waals surface area (Å²) in [5.41, 5.74) is 2.05. The number of sulfonamides is 1. The van der Waals surface area contributed by atoms with Gasteiger partial charge in [-0.25, -0.2) is 8.42 Å². The fourth-order valence-electron chi connectivity index (χ4n) is 4.06. The molecule has 2 aromatic carbocycles. The number of carbonyl (C=O) groups excluding carboxylic acids is 1. The molecule has 1 fully saturated rings. The zero-order chi connectivity index (χ0) is 23.8. The van der Waals surface area contributed by atoms with Gasteiger partial charge in [0.2, 0.25) is 15.9 Å². The molecule has 33 heavy (non-hydrogen) atoms. The first-order chi connectivity index (χ1) is 15.8. The van der Waals surface area contributed by atoms with Crippen molar-refractivity contribution in [2.24, 2.45) is 0 Å². The molecule has 0 saturated carbocycles. The van der Waals surface area contributed by atoms with Gasteiger partial charge in [-0.1, -0.05) is 30.7 Å². The van der Waals surface area contributed by atoms with Crippen LogP contribution in [-0.2, 0) is 21.2 Å². The molecule has 1 saturated heterocycles. The van der Waals surface area contributed by atoms with E-state index in [0.29, 0.717) is 37.4 Å². The fraction of sp³-hybridized carbons (Fsp3) is 0.480. The number of hydrogen-bond donors (Lipinski definition) is 1. The first-order valence-corrected chi connectivity index (χ1v) is 12.9. The van der Waals surface area contributed by atoms with Crippen LogP contribution in [-0.4, -0.2) is 64.4 Å². The van der Waals surface area contributed by atoms with Gasteiger partial charge in [0.15, 0.2) is 0 Å². The molecule has 1 unspecified atom stereocenters. The fourth-order valence-corrected chi connectivity index (χ4v) is 5.58. The van der Waals surface area contributed by atoms with E-state index in [4.69, 9.17) is 4.74 Å². The summed E-state index contributed by atoms with van der Waals surface area (Å²) in [4.78, 5) is 14.9. The highest BCUT2D eigenvalue weighted by molar-refractivity contribution is 7.89. The Morgan fingerprint density at radius 3 is 2.24 bits per heavy atom. The van der Waals surface area contributed by atoms with Crippen LogP contribution in [0.5, 0.6) is 5.75 Å². The Balaban J connectivity index is 1.51. The van der Waals surface area contributed by atoms with Crippen LogP contribution in [0.25, 0.3) is 0 Å². The van der Waals surface area contributed by atoms with Crippen molar-refractivity contribution in [2.75, 3.05) is 40.8 Å². The lowest BCUT2D eigenvalue weighted by Crippen LogP contribution is -2.35. The molecule has 1 aliphatic heterocycles. The van der Waals surface area contributed by atoms with Crippen molar-refractivity contribution in [1.29, 1.82) is 0 Å². The Morgan fingerprint density at radius 1 is 1.03 bits per heavy atom. The maximum Gasteiger partial charge on any atom is 0.243 e. The molecule has 1 heterocycles. The van der Waals surface area contributed by atoms with Crippen LogP contribution in [0.4, 0.5) is 0 Å². The van der Waals surface area contributed by atoms with Crippen molar-refractivity contribution in [3.05, 3.63) is 59.7 Å². The van der Waals surface area contributed by atoms with Crippen LogP contribution in [0.15, 0.2) is 53.4 Å². The summed E-state index contributed by atoms with van der Waals surface area (Å²) in [6.45, 7) is 1.69. The second-order valence-corrected chi connectivity index (χ2v) is 10.6. The Bertz CT molecular complexity index is 999. The van der Waals surface area contributed by atoms with Crippen molar-refractivity contribution in [2.45, 2.75) is 43.0 Å². The van der Waals surface area contributed by atoms with Crippen molar-refractivity contribution < 1.29 is 17.9 Å². The molecule has 7 nitrogen and oxygen atoms in total. The molecule has 180 valence electrons. The predicted molar refractivity (Wildman–Crippen MR) is 130 cm³/mol. The van der Waals surface area contributed by atoms with Gasteiger partial charge in [-0.05, 0) is 68.8 Å². The summed E-state index contributed by atoms with van der Waals surface area (Å²) < 4.78 is 32.3. The Labute approximate surface area is 197 Å². The van der Waals surface area contributed by atoms with Gasteiger partial charge in [-0.3, -0.25) is 4.79 Å². The smallest absolute Gasteiger partial charge is 0.243 e. The third-order valence-corrected chi connectivity index (χ3v) is 8.05. The largest absolute Gasteiger partial charge is 0.497 e. The van der Waals surface area contributed by atoms with Gasteiger partial charge in [0, 0.05) is 26.1 Å². The Hall–Kier alpha value is -2.42. The molecular formula is C25H35N3O4S.